The Balaban J connectivity index is 1.29. The van der Waals surface area contributed by atoms with Gasteiger partial charge in [0.05, 0.1) is 6.21 Å². The van der Waals surface area contributed by atoms with Gasteiger partial charge in [0, 0.05) is 6.04 Å². The Morgan fingerprint density at radius 1 is 1.23 bits per heavy atom. The van der Waals surface area contributed by atoms with Gasteiger partial charge in [0.2, 0.25) is 6.79 Å². The van der Waals surface area contributed by atoms with Crippen molar-refractivity contribution in [2.45, 2.75) is 31.7 Å². The highest BCUT2D eigenvalue weighted by Gasteiger charge is 2.39. The summed E-state index contributed by atoms with van der Waals surface area (Å²) in [6, 6.07) is 6.25. The summed E-state index contributed by atoms with van der Waals surface area (Å²) in [6.07, 6.45) is 7.08. The van der Waals surface area contributed by atoms with Gasteiger partial charge in [0.1, 0.15) is 0 Å². The van der Waals surface area contributed by atoms with E-state index in [2.05, 4.69) is 15.8 Å². The normalized spacial score (nSPS) is 28.3. The lowest BCUT2D eigenvalue weighted by atomic mass is 9.96. The fraction of sp³-hybridized carbons (Fsp3) is 0.500. The number of hydrazone groups is 1. The predicted molar refractivity (Wildman–Crippen MR) is 88.3 cm³/mol. The van der Waals surface area contributed by atoms with Gasteiger partial charge in [-0.2, -0.15) is 5.10 Å². The van der Waals surface area contributed by atoms with E-state index in [4.69, 9.17) is 21.7 Å². The first-order valence-corrected chi connectivity index (χ1v) is 8.18. The van der Waals surface area contributed by atoms with Crippen LogP contribution in [0.5, 0.6) is 11.5 Å². The molecule has 3 aliphatic rings. The van der Waals surface area contributed by atoms with Crippen molar-refractivity contribution < 1.29 is 9.47 Å². The van der Waals surface area contributed by atoms with Crippen LogP contribution in [0.3, 0.4) is 0 Å². The summed E-state index contributed by atoms with van der Waals surface area (Å²) < 4.78 is 10.6. The Morgan fingerprint density at radius 2 is 2.14 bits per heavy atom. The molecule has 0 unspecified atom stereocenters. The Bertz CT molecular complexity index is 619. The number of fused-ring (bicyclic) bond motifs is 3. The van der Waals surface area contributed by atoms with Gasteiger partial charge < -0.3 is 14.8 Å². The average molecular weight is 317 g/mol. The molecule has 1 aliphatic heterocycles. The Morgan fingerprint density at radius 3 is 2.95 bits per heavy atom. The average Bonchev–Trinajstić information content (AvgIpc) is 3.22. The topological polar surface area (TPSA) is 54.9 Å². The number of ether oxygens (including phenoxy) is 2. The summed E-state index contributed by atoms with van der Waals surface area (Å²) in [5, 5.41) is 8.20. The molecule has 0 aromatic heterocycles. The maximum absolute atomic E-state index is 5.34. The third-order valence-electron chi connectivity index (χ3n) is 4.83. The molecule has 4 rings (SSSR count). The van der Waals surface area contributed by atoms with Gasteiger partial charge in [-0.25, -0.2) is 0 Å². The predicted octanol–water partition coefficient (Wildman–Crippen LogP) is 2.40. The lowest BCUT2D eigenvalue weighted by molar-refractivity contribution is 0.174. The van der Waals surface area contributed by atoms with E-state index in [1.165, 1.54) is 25.7 Å². The fourth-order valence-electron chi connectivity index (χ4n) is 3.78. The van der Waals surface area contributed by atoms with Gasteiger partial charge in [-0.15, -0.1) is 0 Å². The van der Waals surface area contributed by atoms with E-state index < -0.39 is 0 Å². The summed E-state index contributed by atoms with van der Waals surface area (Å²) in [5.74, 6) is 3.23. The highest BCUT2D eigenvalue weighted by Crippen LogP contribution is 2.44. The monoisotopic (exact) mass is 317 g/mol. The molecule has 116 valence electrons. The molecule has 1 heterocycles. The second kappa shape index (κ2) is 5.76. The Hall–Kier alpha value is -1.82. The number of benzene rings is 1. The Labute approximate surface area is 135 Å². The van der Waals surface area contributed by atoms with Crippen LogP contribution in [0.2, 0.25) is 0 Å². The third kappa shape index (κ3) is 2.75. The summed E-state index contributed by atoms with van der Waals surface area (Å²) in [7, 11) is 0. The van der Waals surface area contributed by atoms with Crippen molar-refractivity contribution in [2.75, 3.05) is 6.79 Å². The van der Waals surface area contributed by atoms with Crippen LogP contribution in [0.1, 0.15) is 31.2 Å². The minimum atomic E-state index is 0.283. The van der Waals surface area contributed by atoms with Crippen LogP contribution in [0, 0.1) is 11.8 Å². The molecule has 5 nitrogen and oxygen atoms in total. The summed E-state index contributed by atoms with van der Waals surface area (Å²) in [5.41, 5.74) is 3.85. The van der Waals surface area contributed by atoms with Crippen LogP contribution in [0.4, 0.5) is 0 Å². The van der Waals surface area contributed by atoms with E-state index in [0.717, 1.165) is 28.9 Å². The van der Waals surface area contributed by atoms with Crippen LogP contribution < -0.4 is 20.2 Å². The Kier molecular flexibility index (Phi) is 3.62. The van der Waals surface area contributed by atoms with Crippen LogP contribution >= 0.6 is 12.2 Å². The molecule has 2 fully saturated rings. The minimum Gasteiger partial charge on any atom is -0.454 e. The number of hydrogen-bond acceptors (Lipinski definition) is 4. The van der Waals surface area contributed by atoms with Crippen LogP contribution in [0.25, 0.3) is 0 Å². The van der Waals surface area contributed by atoms with Crippen molar-refractivity contribution in [3.05, 3.63) is 23.8 Å². The number of hydrogen-bond donors (Lipinski definition) is 2. The quantitative estimate of drug-likeness (QED) is 0.509. The van der Waals surface area contributed by atoms with Crippen LogP contribution in [-0.2, 0) is 0 Å². The second-order valence-electron chi connectivity index (χ2n) is 6.24. The molecule has 1 aromatic carbocycles. The first-order chi connectivity index (χ1) is 10.8. The van der Waals surface area contributed by atoms with Gasteiger partial charge in [-0.3, -0.25) is 5.43 Å². The van der Waals surface area contributed by atoms with E-state index in [0.29, 0.717) is 11.2 Å². The molecule has 3 atom stereocenters. The lowest BCUT2D eigenvalue weighted by Gasteiger charge is -2.23. The SMILES string of the molecule is S=C(N/N=C\c1ccc2c(c1)OCO2)N[C@@H]1C[C@H]2CC[C@H]1C2. The maximum atomic E-state index is 5.34. The zero-order chi connectivity index (χ0) is 14.9. The molecule has 0 spiro atoms. The molecular weight excluding hydrogens is 298 g/mol. The van der Waals surface area contributed by atoms with Gasteiger partial charge in [0.25, 0.3) is 0 Å². The van der Waals surface area contributed by atoms with Crippen molar-refractivity contribution >= 4 is 23.5 Å². The number of rotatable bonds is 3. The smallest absolute Gasteiger partial charge is 0.231 e. The molecule has 1 aromatic rings. The molecule has 6 heteroatoms. The number of nitrogens with one attached hydrogen (secondary N) is 2. The van der Waals surface area contributed by atoms with E-state index in [-0.39, 0.29) is 6.79 Å². The maximum Gasteiger partial charge on any atom is 0.231 e. The molecule has 0 saturated heterocycles. The van der Waals surface area contributed by atoms with Gasteiger partial charge in [0.15, 0.2) is 16.6 Å². The van der Waals surface area contributed by atoms with E-state index >= 15 is 0 Å². The number of nitrogens with zero attached hydrogens (tertiary/aromatic N) is 1. The molecule has 0 amide bonds. The largest absolute Gasteiger partial charge is 0.454 e. The zero-order valence-electron chi connectivity index (χ0n) is 12.2. The van der Waals surface area contributed by atoms with Crippen molar-refractivity contribution in [3.8, 4) is 11.5 Å². The molecule has 2 bridgehead atoms. The summed E-state index contributed by atoms with van der Waals surface area (Å²) >= 11 is 5.32. The highest BCUT2D eigenvalue weighted by molar-refractivity contribution is 7.80. The van der Waals surface area contributed by atoms with Crippen LogP contribution in [-0.4, -0.2) is 24.2 Å². The number of thiocarbonyl (C=S) groups is 1. The van der Waals surface area contributed by atoms with Crippen molar-refractivity contribution in [1.82, 2.24) is 10.7 Å². The first kappa shape index (κ1) is 13.8. The van der Waals surface area contributed by atoms with Gasteiger partial charge in [-0.1, -0.05) is 6.42 Å². The molecule has 22 heavy (non-hydrogen) atoms. The van der Waals surface area contributed by atoms with Crippen LogP contribution in [0.15, 0.2) is 23.3 Å². The first-order valence-electron chi connectivity index (χ1n) is 7.77. The minimum absolute atomic E-state index is 0.283. The van der Waals surface area contributed by atoms with E-state index in [1.54, 1.807) is 6.21 Å². The highest BCUT2D eigenvalue weighted by atomic mass is 32.1. The van der Waals surface area contributed by atoms with Crippen molar-refractivity contribution in [2.24, 2.45) is 16.9 Å². The van der Waals surface area contributed by atoms with Crippen molar-refractivity contribution in [3.63, 3.8) is 0 Å². The molecule has 2 saturated carbocycles. The van der Waals surface area contributed by atoms with E-state index in [9.17, 15) is 0 Å². The lowest BCUT2D eigenvalue weighted by Crippen LogP contribution is -2.42. The second-order valence-corrected chi connectivity index (χ2v) is 6.65. The zero-order valence-corrected chi connectivity index (χ0v) is 13.1. The molecule has 2 N–H and O–H groups in total. The summed E-state index contributed by atoms with van der Waals surface area (Å²) in [6.45, 7) is 0.283. The van der Waals surface area contributed by atoms with Gasteiger partial charge in [-0.05, 0) is 67.1 Å². The summed E-state index contributed by atoms with van der Waals surface area (Å²) in [4.78, 5) is 0. The molecular formula is C16H19N3O2S. The standard InChI is InChI=1S/C16H19N3O2S/c22-16(18-13-6-10-1-3-12(13)5-10)19-17-8-11-2-4-14-15(7-11)21-9-20-14/h2,4,7-8,10,12-13H,1,3,5-6,9H2,(H2,18,19,22)/b17-8-/t10-,12-,13+/m0/s1. The van der Waals surface area contributed by atoms with E-state index in [1.807, 2.05) is 18.2 Å². The third-order valence-corrected chi connectivity index (χ3v) is 5.04. The van der Waals surface area contributed by atoms with Crippen molar-refractivity contribution in [1.29, 1.82) is 0 Å². The fourth-order valence-corrected chi connectivity index (χ4v) is 3.99. The molecule has 0 radical (unpaired) electrons. The van der Waals surface area contributed by atoms with Gasteiger partial charge >= 0.3 is 0 Å². The molecule has 2 aliphatic carbocycles.